The summed E-state index contributed by atoms with van der Waals surface area (Å²) >= 11 is 1.77. The van der Waals surface area contributed by atoms with Gasteiger partial charge in [-0.1, -0.05) is 0 Å². The fraction of sp³-hybridized carbons (Fsp3) is 0.0909. The van der Waals surface area contributed by atoms with E-state index in [0.29, 0.717) is 0 Å². The molecule has 0 spiro atoms. The van der Waals surface area contributed by atoms with E-state index in [9.17, 15) is 0 Å². The molecule has 0 radical (unpaired) electrons. The Morgan fingerprint density at radius 3 is 1.89 bits per heavy atom. The molecule has 0 aliphatic carbocycles. The van der Waals surface area contributed by atoms with Crippen LogP contribution in [0.4, 0.5) is 0 Å². The first kappa shape index (κ1) is 19.0. The summed E-state index contributed by atoms with van der Waals surface area (Å²) in [5.74, 6) is 0.770. The van der Waals surface area contributed by atoms with Gasteiger partial charge in [-0.3, -0.25) is 0 Å². The summed E-state index contributed by atoms with van der Waals surface area (Å²) in [4.78, 5) is 1.24. The molecule has 4 rings (SSSR count). The standard InChI is InChI=1S/C22H23BN3PS/c23-27(20-10-4-1-5-11-20,21-12-6-2-7-13-21)17-19-16-26(25-24-19)18-28-22-14-8-3-9-15-22/h1-16,27H,17-18,23H2. The van der Waals surface area contributed by atoms with Crippen LogP contribution in [-0.2, 0) is 12.0 Å². The fourth-order valence-corrected chi connectivity index (χ4v) is 7.73. The molecular weight excluding hydrogens is 380 g/mol. The van der Waals surface area contributed by atoms with Crippen molar-refractivity contribution in [1.82, 2.24) is 15.0 Å². The van der Waals surface area contributed by atoms with Gasteiger partial charge in [0.2, 0.25) is 0 Å². The molecule has 0 N–H and O–H groups in total. The maximum absolute atomic E-state index is 4.50. The molecule has 0 amide bonds. The third-order valence-electron chi connectivity index (χ3n) is 5.05. The van der Waals surface area contributed by atoms with Gasteiger partial charge in [0.1, 0.15) is 0 Å². The first-order valence-electron chi connectivity index (χ1n) is 9.42. The average molecular weight is 403 g/mol. The van der Waals surface area contributed by atoms with E-state index in [2.05, 4.69) is 109 Å². The minimum atomic E-state index is -1.94. The van der Waals surface area contributed by atoms with E-state index in [1.54, 1.807) is 11.8 Å². The molecular formula is C22H23BN3PS. The summed E-state index contributed by atoms with van der Waals surface area (Å²) in [5, 5.41) is 11.7. The molecule has 0 saturated heterocycles. The Hall–Kier alpha value is -2.36. The van der Waals surface area contributed by atoms with Crippen LogP contribution in [0, 0.1) is 0 Å². The second-order valence-corrected chi connectivity index (χ2v) is 12.3. The van der Waals surface area contributed by atoms with Crippen LogP contribution >= 0.6 is 18.9 Å². The van der Waals surface area contributed by atoms with Crippen LogP contribution in [-0.4, -0.2) is 22.6 Å². The van der Waals surface area contributed by atoms with Gasteiger partial charge in [0.15, 0.2) is 0 Å². The molecule has 6 heteroatoms. The van der Waals surface area contributed by atoms with Gasteiger partial charge < -0.3 is 0 Å². The molecule has 3 aromatic carbocycles. The molecule has 1 heterocycles. The Bertz CT molecular complexity index is 970. The van der Waals surface area contributed by atoms with Crippen LogP contribution in [0.1, 0.15) is 5.69 Å². The van der Waals surface area contributed by atoms with Crippen LogP contribution < -0.4 is 10.6 Å². The molecule has 0 unspecified atom stereocenters. The Kier molecular flexibility index (Phi) is 5.94. The van der Waals surface area contributed by atoms with E-state index in [0.717, 1.165) is 17.7 Å². The molecule has 28 heavy (non-hydrogen) atoms. The molecule has 0 atom stereocenters. The van der Waals surface area contributed by atoms with Crippen molar-refractivity contribution in [2.75, 3.05) is 0 Å². The Balaban J connectivity index is 1.56. The topological polar surface area (TPSA) is 30.7 Å². The summed E-state index contributed by atoms with van der Waals surface area (Å²) in [6.07, 6.45) is 3.05. The van der Waals surface area contributed by atoms with Crippen molar-refractivity contribution >= 4 is 37.1 Å². The molecule has 0 aliphatic heterocycles. The van der Waals surface area contributed by atoms with Crippen molar-refractivity contribution in [3.63, 3.8) is 0 Å². The van der Waals surface area contributed by atoms with Crippen molar-refractivity contribution in [3.8, 4) is 0 Å². The zero-order chi connectivity index (χ0) is 19.2. The van der Waals surface area contributed by atoms with E-state index in [4.69, 9.17) is 0 Å². The Morgan fingerprint density at radius 2 is 1.32 bits per heavy atom. The third-order valence-corrected chi connectivity index (χ3v) is 10.3. The van der Waals surface area contributed by atoms with Gasteiger partial charge in [0.25, 0.3) is 0 Å². The van der Waals surface area contributed by atoms with Crippen molar-refractivity contribution in [2.24, 2.45) is 0 Å². The van der Waals surface area contributed by atoms with Gasteiger partial charge in [-0.25, -0.2) is 0 Å². The number of aromatic nitrogens is 3. The molecule has 140 valence electrons. The van der Waals surface area contributed by atoms with Crippen molar-refractivity contribution in [2.45, 2.75) is 16.9 Å². The molecule has 0 bridgehead atoms. The number of hydrogen-bond acceptors (Lipinski definition) is 3. The van der Waals surface area contributed by atoms with Gasteiger partial charge in [0.05, 0.1) is 0 Å². The van der Waals surface area contributed by atoms with Gasteiger partial charge in [0, 0.05) is 0 Å². The van der Waals surface area contributed by atoms with Crippen LogP contribution in [0.15, 0.2) is 102 Å². The zero-order valence-corrected chi connectivity index (χ0v) is 17.7. The van der Waals surface area contributed by atoms with E-state index < -0.39 is 7.14 Å². The van der Waals surface area contributed by atoms with E-state index in [1.807, 2.05) is 10.7 Å². The second kappa shape index (κ2) is 8.77. The Labute approximate surface area is 171 Å². The molecule has 1 aromatic heterocycles. The number of thioether (sulfide) groups is 1. The fourth-order valence-electron chi connectivity index (χ4n) is 3.49. The summed E-state index contributed by atoms with van der Waals surface area (Å²) < 4.78 is 1.94. The molecule has 4 aromatic rings. The van der Waals surface area contributed by atoms with Gasteiger partial charge in [-0.2, -0.15) is 0 Å². The maximum atomic E-state index is 4.50. The number of benzene rings is 3. The summed E-state index contributed by atoms with van der Waals surface area (Å²) in [6, 6.07) is 32.2. The quantitative estimate of drug-likeness (QED) is 0.269. The third kappa shape index (κ3) is 4.37. The van der Waals surface area contributed by atoms with E-state index >= 15 is 0 Å². The monoisotopic (exact) mass is 403 g/mol. The van der Waals surface area contributed by atoms with Crippen LogP contribution in [0.25, 0.3) is 0 Å². The molecule has 0 fully saturated rings. The predicted octanol–water partition coefficient (Wildman–Crippen LogP) is 3.48. The zero-order valence-electron chi connectivity index (χ0n) is 15.9. The van der Waals surface area contributed by atoms with Crippen molar-refractivity contribution < 1.29 is 0 Å². The first-order valence-corrected chi connectivity index (χ1v) is 13.1. The van der Waals surface area contributed by atoms with Gasteiger partial charge >= 0.3 is 172 Å². The number of hydrogen-bond donors (Lipinski definition) is 0. The number of nitrogens with zero attached hydrogens (tertiary/aromatic N) is 3. The summed E-state index contributed by atoms with van der Waals surface area (Å²) in [7, 11) is 0.487. The van der Waals surface area contributed by atoms with Crippen molar-refractivity contribution in [1.29, 1.82) is 0 Å². The summed E-state index contributed by atoms with van der Waals surface area (Å²) in [6.45, 7) is 0. The minimum absolute atomic E-state index is 0.770. The molecule has 0 aliphatic rings. The van der Waals surface area contributed by atoms with Gasteiger partial charge in [-0.15, -0.1) is 0 Å². The SMILES string of the molecule is B[PH](Cc1cn(CSc2ccccc2)nn1)(c1ccccc1)c1ccccc1. The van der Waals surface area contributed by atoms with Crippen LogP contribution in [0.3, 0.4) is 0 Å². The van der Waals surface area contributed by atoms with E-state index in [-0.39, 0.29) is 0 Å². The first-order chi connectivity index (χ1) is 13.7. The molecule has 3 nitrogen and oxygen atoms in total. The number of rotatable bonds is 7. The molecule has 0 saturated carbocycles. The normalized spacial score (nSPS) is 12.0. The van der Waals surface area contributed by atoms with Crippen LogP contribution in [0.2, 0.25) is 0 Å². The Morgan fingerprint density at radius 1 is 0.786 bits per heavy atom. The van der Waals surface area contributed by atoms with Crippen molar-refractivity contribution in [3.05, 3.63) is 103 Å². The van der Waals surface area contributed by atoms with E-state index in [1.165, 1.54) is 15.5 Å². The van der Waals surface area contributed by atoms with Gasteiger partial charge in [-0.05, 0) is 0 Å². The average Bonchev–Trinajstić information content (AvgIpc) is 3.21. The second-order valence-electron chi connectivity index (χ2n) is 7.08. The predicted molar refractivity (Wildman–Crippen MR) is 125 cm³/mol. The van der Waals surface area contributed by atoms with Crippen LogP contribution in [0.5, 0.6) is 0 Å². The summed E-state index contributed by atoms with van der Waals surface area (Å²) in [5.41, 5.74) is 1.07.